The van der Waals surface area contributed by atoms with Crippen molar-refractivity contribution in [3.05, 3.63) is 0 Å². The zero-order valence-corrected chi connectivity index (χ0v) is 12.2. The number of rotatable bonds is 5. The zero-order valence-electron chi connectivity index (χ0n) is 11.4. The van der Waals surface area contributed by atoms with Crippen LogP contribution in [0.5, 0.6) is 0 Å². The summed E-state index contributed by atoms with van der Waals surface area (Å²) in [6.07, 6.45) is 5.10. The number of carboxylic acids is 1. The first kappa shape index (κ1) is 16.1. The Morgan fingerprint density at radius 2 is 2.21 bits per heavy atom. The molecule has 0 spiro atoms. The lowest BCUT2D eigenvalue weighted by Gasteiger charge is -2.23. The van der Waals surface area contributed by atoms with Crippen molar-refractivity contribution in [3.63, 3.8) is 0 Å². The molecular weight excluding hydrogens is 268 g/mol. The summed E-state index contributed by atoms with van der Waals surface area (Å²) >= 11 is 1.83. The molecule has 1 aliphatic rings. The second-order valence-electron chi connectivity index (χ2n) is 4.57. The Bertz CT molecular complexity index is 314. The fourth-order valence-electron chi connectivity index (χ4n) is 2.09. The van der Waals surface area contributed by atoms with Crippen LogP contribution < -0.4 is 5.32 Å². The number of methoxy groups -OCH3 is 1. The summed E-state index contributed by atoms with van der Waals surface area (Å²) in [7, 11) is 1.41. The number of ether oxygens (including phenoxy) is 1. The number of amides is 2. The molecule has 110 valence electrons. The maximum Gasteiger partial charge on any atom is 0.328 e. The smallest absolute Gasteiger partial charge is 0.328 e. The van der Waals surface area contributed by atoms with E-state index in [-0.39, 0.29) is 12.6 Å². The minimum Gasteiger partial charge on any atom is -0.480 e. The third kappa shape index (κ3) is 5.28. The van der Waals surface area contributed by atoms with Crippen molar-refractivity contribution in [1.29, 1.82) is 0 Å². The Morgan fingerprint density at radius 1 is 1.47 bits per heavy atom. The summed E-state index contributed by atoms with van der Waals surface area (Å²) in [4.78, 5) is 24.7. The second kappa shape index (κ2) is 8.27. The van der Waals surface area contributed by atoms with Crippen LogP contribution in [0.4, 0.5) is 4.79 Å². The van der Waals surface area contributed by atoms with Crippen LogP contribution >= 0.6 is 11.8 Å². The van der Waals surface area contributed by atoms with Gasteiger partial charge in [0.2, 0.25) is 0 Å². The molecule has 2 unspecified atom stereocenters. The maximum atomic E-state index is 12.0. The molecule has 6 nitrogen and oxygen atoms in total. The number of carbonyl (C=O) groups excluding carboxylic acids is 1. The van der Waals surface area contributed by atoms with Gasteiger partial charge >= 0.3 is 12.0 Å². The molecule has 0 aromatic rings. The summed E-state index contributed by atoms with van der Waals surface area (Å²) in [5.41, 5.74) is 0. The van der Waals surface area contributed by atoms with E-state index in [1.807, 2.05) is 11.8 Å². The van der Waals surface area contributed by atoms with Crippen LogP contribution in [0.25, 0.3) is 0 Å². The standard InChI is InChI=1S/C12H22N2O4S/c1-18-8-10(11(15)16)13-12(17)14-6-3-4-9(19-2)5-7-14/h9-10H,3-8H2,1-2H3,(H,13,17)(H,15,16). The number of nitrogens with one attached hydrogen (secondary N) is 1. The molecule has 0 bridgehead atoms. The molecule has 19 heavy (non-hydrogen) atoms. The fraction of sp³-hybridized carbons (Fsp3) is 0.833. The molecule has 0 radical (unpaired) electrons. The molecule has 2 amide bonds. The fourth-order valence-corrected chi connectivity index (χ4v) is 2.83. The third-order valence-electron chi connectivity index (χ3n) is 3.22. The van der Waals surface area contributed by atoms with E-state index in [0.29, 0.717) is 18.3 Å². The van der Waals surface area contributed by atoms with Gasteiger partial charge in [0.05, 0.1) is 6.61 Å². The van der Waals surface area contributed by atoms with E-state index >= 15 is 0 Å². The van der Waals surface area contributed by atoms with Gasteiger partial charge in [0.25, 0.3) is 0 Å². The quantitative estimate of drug-likeness (QED) is 0.790. The molecule has 2 N–H and O–H groups in total. The van der Waals surface area contributed by atoms with Crippen molar-refractivity contribution < 1.29 is 19.4 Å². The highest BCUT2D eigenvalue weighted by molar-refractivity contribution is 7.99. The van der Waals surface area contributed by atoms with Gasteiger partial charge in [0, 0.05) is 25.4 Å². The van der Waals surface area contributed by atoms with Gasteiger partial charge < -0.3 is 20.1 Å². The average Bonchev–Trinajstić information content (AvgIpc) is 2.63. The molecule has 0 saturated carbocycles. The van der Waals surface area contributed by atoms with E-state index < -0.39 is 12.0 Å². The summed E-state index contributed by atoms with van der Waals surface area (Å²) < 4.78 is 4.80. The summed E-state index contributed by atoms with van der Waals surface area (Å²) in [6, 6.07) is -1.30. The highest BCUT2D eigenvalue weighted by Gasteiger charge is 2.25. The van der Waals surface area contributed by atoms with Crippen molar-refractivity contribution in [2.24, 2.45) is 0 Å². The van der Waals surface area contributed by atoms with E-state index in [0.717, 1.165) is 19.3 Å². The van der Waals surface area contributed by atoms with Gasteiger partial charge in [-0.2, -0.15) is 11.8 Å². The molecule has 0 aliphatic carbocycles. The average molecular weight is 290 g/mol. The Balaban J connectivity index is 2.49. The number of nitrogens with zero attached hydrogens (tertiary/aromatic N) is 1. The first-order valence-corrected chi connectivity index (χ1v) is 7.67. The lowest BCUT2D eigenvalue weighted by molar-refractivity contribution is -0.140. The lowest BCUT2D eigenvalue weighted by atomic mass is 10.2. The number of carbonyl (C=O) groups is 2. The van der Waals surface area contributed by atoms with Crippen LogP contribution in [-0.4, -0.2) is 66.4 Å². The van der Waals surface area contributed by atoms with Crippen LogP contribution in [0, 0.1) is 0 Å². The van der Waals surface area contributed by atoms with Crippen LogP contribution in [0.15, 0.2) is 0 Å². The van der Waals surface area contributed by atoms with Gasteiger partial charge in [-0.05, 0) is 25.5 Å². The number of urea groups is 1. The molecule has 1 heterocycles. The number of hydrogen-bond donors (Lipinski definition) is 2. The minimum absolute atomic E-state index is 0.0254. The number of thioether (sulfide) groups is 1. The number of likely N-dealkylation sites (tertiary alicyclic amines) is 1. The number of aliphatic carboxylic acids is 1. The van der Waals surface area contributed by atoms with Gasteiger partial charge in [-0.25, -0.2) is 9.59 Å². The largest absolute Gasteiger partial charge is 0.480 e. The summed E-state index contributed by atoms with van der Waals surface area (Å²) in [5.74, 6) is -1.08. The number of hydrogen-bond acceptors (Lipinski definition) is 4. The first-order valence-electron chi connectivity index (χ1n) is 6.38. The van der Waals surface area contributed by atoms with Gasteiger partial charge in [0.15, 0.2) is 6.04 Å². The Morgan fingerprint density at radius 3 is 2.79 bits per heavy atom. The molecule has 2 atom stereocenters. The summed E-state index contributed by atoms with van der Waals surface area (Å²) in [6.45, 7) is 1.33. The van der Waals surface area contributed by atoms with Crippen LogP contribution in [0.2, 0.25) is 0 Å². The lowest BCUT2D eigenvalue weighted by Crippen LogP contribution is -2.50. The first-order chi connectivity index (χ1) is 9.08. The Hall–Kier alpha value is -0.950. The molecule has 1 fully saturated rings. The normalized spacial score (nSPS) is 21.6. The number of carboxylic acid groups (broad SMARTS) is 1. The predicted molar refractivity (Wildman–Crippen MR) is 74.6 cm³/mol. The van der Waals surface area contributed by atoms with Crippen molar-refractivity contribution in [3.8, 4) is 0 Å². The SMILES string of the molecule is COCC(NC(=O)N1CCCC(SC)CC1)C(=O)O. The van der Waals surface area contributed by atoms with Gasteiger partial charge in [-0.3, -0.25) is 0 Å². The van der Waals surface area contributed by atoms with Gasteiger partial charge in [0.1, 0.15) is 0 Å². The van der Waals surface area contributed by atoms with Crippen molar-refractivity contribution in [2.45, 2.75) is 30.6 Å². The van der Waals surface area contributed by atoms with E-state index in [9.17, 15) is 9.59 Å². The third-order valence-corrected chi connectivity index (χ3v) is 4.36. The van der Waals surface area contributed by atoms with Crippen molar-refractivity contribution in [2.75, 3.05) is 33.1 Å². The molecule has 1 saturated heterocycles. The van der Waals surface area contributed by atoms with Crippen LogP contribution in [-0.2, 0) is 9.53 Å². The predicted octanol–water partition coefficient (Wildman–Crippen LogP) is 1.01. The Labute approximate surface area is 117 Å². The van der Waals surface area contributed by atoms with E-state index in [2.05, 4.69) is 11.6 Å². The molecule has 1 rings (SSSR count). The highest BCUT2D eigenvalue weighted by Crippen LogP contribution is 2.21. The molecule has 0 aromatic carbocycles. The topological polar surface area (TPSA) is 78.9 Å². The van der Waals surface area contributed by atoms with Crippen molar-refractivity contribution >= 4 is 23.8 Å². The maximum absolute atomic E-state index is 12.0. The highest BCUT2D eigenvalue weighted by atomic mass is 32.2. The van der Waals surface area contributed by atoms with Crippen LogP contribution in [0.1, 0.15) is 19.3 Å². The van der Waals surface area contributed by atoms with Crippen molar-refractivity contribution in [1.82, 2.24) is 10.2 Å². The van der Waals surface area contributed by atoms with E-state index in [4.69, 9.17) is 9.84 Å². The summed E-state index contributed by atoms with van der Waals surface area (Å²) in [5, 5.41) is 12.1. The van der Waals surface area contributed by atoms with Gasteiger partial charge in [-0.15, -0.1) is 0 Å². The monoisotopic (exact) mass is 290 g/mol. The minimum atomic E-state index is -1.08. The van der Waals surface area contributed by atoms with E-state index in [1.54, 1.807) is 4.90 Å². The molecule has 7 heteroatoms. The second-order valence-corrected chi connectivity index (χ2v) is 5.71. The molecule has 1 aliphatic heterocycles. The molecule has 0 aromatic heterocycles. The molecular formula is C12H22N2O4S. The van der Waals surface area contributed by atoms with Gasteiger partial charge in [-0.1, -0.05) is 0 Å². The van der Waals surface area contributed by atoms with E-state index in [1.165, 1.54) is 7.11 Å². The Kier molecular flexibility index (Phi) is 7.01. The van der Waals surface area contributed by atoms with Crippen LogP contribution in [0.3, 0.4) is 0 Å². The zero-order chi connectivity index (χ0) is 14.3.